The molecule has 0 saturated heterocycles. The Morgan fingerprint density at radius 1 is 0.889 bits per heavy atom. The van der Waals surface area contributed by atoms with E-state index in [0.717, 1.165) is 15.7 Å². The van der Waals surface area contributed by atoms with Crippen molar-refractivity contribution in [2.75, 3.05) is 40.8 Å². The number of aliphatic imine (C=N–C) groups is 1. The topological polar surface area (TPSA) is 73.3 Å². The third-order valence-corrected chi connectivity index (χ3v) is 4.61. The minimum Gasteiger partial charge on any atom is -0.493 e. The lowest BCUT2D eigenvalue weighted by Gasteiger charge is -2.16. The molecule has 0 aliphatic rings. The molecule has 0 fully saturated rings. The Kier molecular flexibility index (Phi) is 7.60. The van der Waals surface area contributed by atoms with E-state index in [9.17, 15) is 0 Å². The van der Waals surface area contributed by atoms with Crippen LogP contribution >= 0.6 is 15.9 Å². The summed E-state index contributed by atoms with van der Waals surface area (Å²) in [7, 11) is 8.13. The molecular formula is C19H24BrN3O4. The van der Waals surface area contributed by atoms with Crippen LogP contribution in [0, 0.1) is 0 Å². The molecule has 0 saturated carbocycles. The average molecular weight is 438 g/mol. The van der Waals surface area contributed by atoms with Gasteiger partial charge in [0, 0.05) is 29.8 Å². The molecule has 0 unspecified atom stereocenters. The Bertz CT molecular complexity index is 812. The maximum Gasteiger partial charge on any atom is 0.195 e. The van der Waals surface area contributed by atoms with Gasteiger partial charge in [-0.05, 0) is 29.8 Å². The molecule has 8 heteroatoms. The van der Waals surface area contributed by atoms with E-state index in [0.29, 0.717) is 35.5 Å². The van der Waals surface area contributed by atoms with Crippen LogP contribution in [0.25, 0.3) is 0 Å². The van der Waals surface area contributed by atoms with Crippen molar-refractivity contribution in [3.8, 4) is 23.0 Å². The van der Waals surface area contributed by atoms with Gasteiger partial charge in [-0.15, -0.1) is 0 Å². The summed E-state index contributed by atoms with van der Waals surface area (Å²) in [5.41, 5.74) is 1.83. The largest absolute Gasteiger partial charge is 0.493 e. The summed E-state index contributed by atoms with van der Waals surface area (Å²) in [4.78, 5) is 4.25. The summed E-state index contributed by atoms with van der Waals surface area (Å²) in [5, 5.41) is 6.50. The van der Waals surface area contributed by atoms with Crippen molar-refractivity contribution in [3.05, 3.63) is 40.4 Å². The molecule has 146 valence electrons. The first-order valence-electron chi connectivity index (χ1n) is 8.16. The number of hydrogen-bond acceptors (Lipinski definition) is 5. The lowest BCUT2D eigenvalue weighted by atomic mass is 10.2. The zero-order chi connectivity index (χ0) is 19.8. The Labute approximate surface area is 167 Å². The van der Waals surface area contributed by atoms with Crippen molar-refractivity contribution in [3.63, 3.8) is 0 Å². The average Bonchev–Trinajstić information content (AvgIpc) is 2.71. The first-order valence-corrected chi connectivity index (χ1v) is 8.95. The number of anilines is 1. The minimum absolute atomic E-state index is 0.536. The highest BCUT2D eigenvalue weighted by molar-refractivity contribution is 9.10. The lowest BCUT2D eigenvalue weighted by Crippen LogP contribution is -2.30. The van der Waals surface area contributed by atoms with Crippen LogP contribution in [0.4, 0.5) is 5.69 Å². The SMILES string of the molecule is CN=C(NCc1cc(OC)c(OC)cc1Br)Nc1ccc(OC)c(OC)c1. The second-order valence-corrected chi connectivity index (χ2v) is 6.27. The lowest BCUT2D eigenvalue weighted by molar-refractivity contribution is 0.354. The first kappa shape index (κ1) is 20.7. The minimum atomic E-state index is 0.536. The van der Waals surface area contributed by atoms with Crippen molar-refractivity contribution < 1.29 is 18.9 Å². The van der Waals surface area contributed by atoms with E-state index < -0.39 is 0 Å². The molecule has 27 heavy (non-hydrogen) atoms. The molecule has 0 spiro atoms. The standard InChI is InChI=1S/C19H24BrN3O4/c1-21-19(23-13-6-7-15(24-2)17(9-13)26-4)22-11-12-8-16(25-3)18(27-5)10-14(12)20/h6-10H,11H2,1-5H3,(H2,21,22,23). The fourth-order valence-electron chi connectivity index (χ4n) is 2.44. The van der Waals surface area contributed by atoms with Crippen LogP contribution in [-0.4, -0.2) is 41.4 Å². The number of guanidine groups is 1. The molecule has 2 rings (SSSR count). The molecule has 0 aliphatic heterocycles. The van der Waals surface area contributed by atoms with Crippen LogP contribution < -0.4 is 29.6 Å². The molecule has 0 bridgehead atoms. The number of nitrogens with one attached hydrogen (secondary N) is 2. The summed E-state index contributed by atoms with van der Waals surface area (Å²) >= 11 is 3.56. The number of ether oxygens (including phenoxy) is 4. The Morgan fingerprint density at radius 3 is 2.07 bits per heavy atom. The number of benzene rings is 2. The van der Waals surface area contributed by atoms with E-state index >= 15 is 0 Å². The number of nitrogens with zero attached hydrogens (tertiary/aromatic N) is 1. The van der Waals surface area contributed by atoms with E-state index in [1.807, 2.05) is 30.3 Å². The van der Waals surface area contributed by atoms with Crippen LogP contribution in [0.5, 0.6) is 23.0 Å². The fraction of sp³-hybridized carbons (Fsp3) is 0.316. The molecule has 0 heterocycles. The van der Waals surface area contributed by atoms with Gasteiger partial charge in [-0.3, -0.25) is 4.99 Å². The van der Waals surface area contributed by atoms with Crippen molar-refractivity contribution >= 4 is 27.6 Å². The monoisotopic (exact) mass is 437 g/mol. The molecule has 2 N–H and O–H groups in total. The normalized spacial score (nSPS) is 11.0. The van der Waals surface area contributed by atoms with E-state index in [1.165, 1.54) is 0 Å². The van der Waals surface area contributed by atoms with Crippen LogP contribution in [0.15, 0.2) is 39.8 Å². The molecule has 0 atom stereocenters. The molecule has 2 aromatic carbocycles. The summed E-state index contributed by atoms with van der Waals surface area (Å²) in [6.45, 7) is 0.536. The van der Waals surface area contributed by atoms with E-state index in [-0.39, 0.29) is 0 Å². The van der Waals surface area contributed by atoms with Gasteiger partial charge in [0.2, 0.25) is 0 Å². The van der Waals surface area contributed by atoms with Gasteiger partial charge in [0.05, 0.1) is 28.4 Å². The highest BCUT2D eigenvalue weighted by atomic mass is 79.9. The molecule has 2 aromatic rings. The molecular weight excluding hydrogens is 414 g/mol. The van der Waals surface area contributed by atoms with Crippen molar-refractivity contribution in [1.82, 2.24) is 5.32 Å². The van der Waals surface area contributed by atoms with Gasteiger partial charge in [0.25, 0.3) is 0 Å². The van der Waals surface area contributed by atoms with E-state index in [2.05, 4.69) is 31.6 Å². The predicted molar refractivity (Wildman–Crippen MR) is 111 cm³/mol. The zero-order valence-electron chi connectivity index (χ0n) is 16.1. The molecule has 0 amide bonds. The van der Waals surface area contributed by atoms with Gasteiger partial charge < -0.3 is 29.6 Å². The van der Waals surface area contributed by atoms with Gasteiger partial charge >= 0.3 is 0 Å². The maximum atomic E-state index is 5.36. The summed E-state index contributed by atoms with van der Waals surface area (Å²) in [6.07, 6.45) is 0. The number of hydrogen-bond donors (Lipinski definition) is 2. The highest BCUT2D eigenvalue weighted by Gasteiger charge is 2.11. The number of halogens is 1. The van der Waals surface area contributed by atoms with Crippen molar-refractivity contribution in [1.29, 1.82) is 0 Å². The second kappa shape index (κ2) is 9.91. The Balaban J connectivity index is 2.10. The maximum absolute atomic E-state index is 5.36. The summed E-state index contributed by atoms with van der Waals surface area (Å²) in [5.74, 6) is 3.26. The third kappa shape index (κ3) is 5.19. The molecule has 0 aliphatic carbocycles. The first-order chi connectivity index (χ1) is 13.1. The quantitative estimate of drug-likeness (QED) is 0.508. The van der Waals surface area contributed by atoms with Gasteiger partial charge in [0.1, 0.15) is 0 Å². The van der Waals surface area contributed by atoms with E-state index in [4.69, 9.17) is 18.9 Å². The molecule has 0 aromatic heterocycles. The fourth-order valence-corrected chi connectivity index (χ4v) is 2.90. The Hall–Kier alpha value is -2.61. The second-order valence-electron chi connectivity index (χ2n) is 5.42. The van der Waals surface area contributed by atoms with Crippen LogP contribution in [0.3, 0.4) is 0 Å². The van der Waals surface area contributed by atoms with Crippen molar-refractivity contribution in [2.45, 2.75) is 6.54 Å². The zero-order valence-corrected chi connectivity index (χ0v) is 17.6. The van der Waals surface area contributed by atoms with E-state index in [1.54, 1.807) is 35.5 Å². The number of methoxy groups -OCH3 is 4. The molecule has 7 nitrogen and oxygen atoms in total. The summed E-state index contributed by atoms with van der Waals surface area (Å²) in [6, 6.07) is 9.36. The Morgan fingerprint density at radius 2 is 1.48 bits per heavy atom. The predicted octanol–water partition coefficient (Wildman–Crippen LogP) is 3.67. The number of rotatable bonds is 7. The van der Waals surface area contributed by atoms with Crippen molar-refractivity contribution in [2.24, 2.45) is 4.99 Å². The van der Waals surface area contributed by atoms with Gasteiger partial charge in [0.15, 0.2) is 29.0 Å². The smallest absolute Gasteiger partial charge is 0.195 e. The van der Waals surface area contributed by atoms with Gasteiger partial charge in [-0.25, -0.2) is 0 Å². The highest BCUT2D eigenvalue weighted by Crippen LogP contribution is 2.33. The summed E-state index contributed by atoms with van der Waals surface area (Å²) < 4.78 is 22.2. The molecule has 0 radical (unpaired) electrons. The van der Waals surface area contributed by atoms with Gasteiger partial charge in [-0.2, -0.15) is 0 Å². The van der Waals surface area contributed by atoms with Crippen LogP contribution in [0.2, 0.25) is 0 Å². The third-order valence-electron chi connectivity index (χ3n) is 3.87. The van der Waals surface area contributed by atoms with Crippen LogP contribution in [0.1, 0.15) is 5.56 Å². The van der Waals surface area contributed by atoms with Crippen LogP contribution in [-0.2, 0) is 6.54 Å². The van der Waals surface area contributed by atoms with Gasteiger partial charge in [-0.1, -0.05) is 15.9 Å².